The minimum atomic E-state index is -0.0478. The maximum Gasteiger partial charge on any atom is 0.252 e. The average molecular weight is 332 g/mol. The van der Waals surface area contributed by atoms with E-state index in [9.17, 15) is 4.79 Å². The van der Waals surface area contributed by atoms with Crippen molar-refractivity contribution in [3.8, 4) is 0 Å². The van der Waals surface area contributed by atoms with Gasteiger partial charge in [0.1, 0.15) is 0 Å². The number of benzene rings is 1. The lowest BCUT2D eigenvalue weighted by Gasteiger charge is -2.08. The predicted octanol–water partition coefficient (Wildman–Crippen LogP) is 2.60. The summed E-state index contributed by atoms with van der Waals surface area (Å²) in [7, 11) is 0. The van der Waals surface area contributed by atoms with E-state index in [1.165, 1.54) is 0 Å². The van der Waals surface area contributed by atoms with Gasteiger partial charge in [-0.2, -0.15) is 11.8 Å². The van der Waals surface area contributed by atoms with Gasteiger partial charge in [-0.1, -0.05) is 12.1 Å². The number of hydrogen-bond donors (Lipinski definition) is 2. The molecule has 1 amide bonds. The molecule has 0 bridgehead atoms. The van der Waals surface area contributed by atoms with E-state index in [0.29, 0.717) is 12.1 Å². The third-order valence-electron chi connectivity index (χ3n) is 2.42. The second-order valence-corrected chi connectivity index (χ2v) is 5.90. The quantitative estimate of drug-likeness (QED) is 0.755. The highest BCUT2D eigenvalue weighted by Gasteiger charge is 2.10. The van der Waals surface area contributed by atoms with Crippen molar-refractivity contribution in [1.29, 1.82) is 0 Å². The van der Waals surface area contributed by atoms with Crippen LogP contribution in [0, 0.1) is 6.92 Å². The van der Waals surface area contributed by atoms with Gasteiger partial charge in [0.25, 0.3) is 5.91 Å². The van der Waals surface area contributed by atoms with Crippen molar-refractivity contribution < 1.29 is 9.90 Å². The molecule has 0 heterocycles. The highest BCUT2D eigenvalue weighted by Crippen LogP contribution is 2.20. The number of hydrogen-bond acceptors (Lipinski definition) is 3. The fraction of sp³-hybridized carbons (Fsp3) is 0.462. The van der Waals surface area contributed by atoms with Gasteiger partial charge >= 0.3 is 0 Å². The third-order valence-corrected chi connectivity index (χ3v) is 4.54. The van der Waals surface area contributed by atoms with Crippen molar-refractivity contribution in [3.63, 3.8) is 0 Å². The van der Waals surface area contributed by atoms with Crippen molar-refractivity contribution in [1.82, 2.24) is 5.32 Å². The zero-order chi connectivity index (χ0) is 13.4. The number of aryl methyl sites for hydroxylation is 1. The molecule has 0 saturated heterocycles. The molecule has 0 fully saturated rings. The van der Waals surface area contributed by atoms with E-state index in [0.717, 1.165) is 28.0 Å². The van der Waals surface area contributed by atoms with Crippen LogP contribution in [0.5, 0.6) is 0 Å². The zero-order valence-corrected chi connectivity index (χ0v) is 12.8. The molecule has 5 heteroatoms. The third kappa shape index (κ3) is 5.00. The summed E-state index contributed by atoms with van der Waals surface area (Å²) in [5.41, 5.74) is 1.73. The van der Waals surface area contributed by atoms with Gasteiger partial charge in [-0.05, 0) is 46.7 Å². The van der Waals surface area contributed by atoms with Crippen molar-refractivity contribution in [2.75, 3.05) is 24.7 Å². The lowest BCUT2D eigenvalue weighted by molar-refractivity contribution is 0.0955. The van der Waals surface area contributed by atoms with Gasteiger partial charge in [-0.25, -0.2) is 0 Å². The van der Waals surface area contributed by atoms with E-state index >= 15 is 0 Å². The molecule has 0 aliphatic rings. The summed E-state index contributed by atoms with van der Waals surface area (Å²) < 4.78 is 0.857. The monoisotopic (exact) mass is 331 g/mol. The first-order valence-electron chi connectivity index (χ1n) is 5.88. The van der Waals surface area contributed by atoms with Crippen LogP contribution in [-0.2, 0) is 0 Å². The van der Waals surface area contributed by atoms with Gasteiger partial charge in [-0.3, -0.25) is 4.79 Å². The Kier molecular flexibility index (Phi) is 7.39. The van der Waals surface area contributed by atoms with Crippen LogP contribution in [-0.4, -0.2) is 35.7 Å². The Morgan fingerprint density at radius 2 is 2.22 bits per heavy atom. The van der Waals surface area contributed by atoms with Crippen LogP contribution < -0.4 is 5.32 Å². The summed E-state index contributed by atoms with van der Waals surface area (Å²) in [6.45, 7) is 2.84. The summed E-state index contributed by atoms with van der Waals surface area (Å²) >= 11 is 5.17. The van der Waals surface area contributed by atoms with E-state index in [2.05, 4.69) is 21.2 Å². The van der Waals surface area contributed by atoms with E-state index in [1.54, 1.807) is 11.8 Å². The molecule has 1 aromatic carbocycles. The maximum atomic E-state index is 11.9. The Morgan fingerprint density at radius 3 is 2.94 bits per heavy atom. The molecule has 0 unspecified atom stereocenters. The summed E-state index contributed by atoms with van der Waals surface area (Å²) in [5, 5.41) is 11.5. The molecule has 1 rings (SSSR count). The molecule has 100 valence electrons. The molecule has 18 heavy (non-hydrogen) atoms. The molecular formula is C13H18BrNO2S. The van der Waals surface area contributed by atoms with E-state index < -0.39 is 0 Å². The van der Waals surface area contributed by atoms with E-state index in [1.807, 2.05) is 25.1 Å². The fourth-order valence-corrected chi connectivity index (χ4v) is 2.65. The van der Waals surface area contributed by atoms with Crippen LogP contribution in [0.1, 0.15) is 22.3 Å². The summed E-state index contributed by atoms with van der Waals surface area (Å²) in [6.07, 6.45) is 0.808. The van der Waals surface area contributed by atoms with Gasteiger partial charge in [0.05, 0.1) is 5.56 Å². The first-order valence-corrected chi connectivity index (χ1v) is 7.83. The molecule has 0 aromatic heterocycles. The second-order valence-electron chi connectivity index (χ2n) is 3.88. The van der Waals surface area contributed by atoms with Crippen LogP contribution in [0.3, 0.4) is 0 Å². The number of carbonyl (C=O) groups excluding carboxylic acids is 1. The topological polar surface area (TPSA) is 49.3 Å². The van der Waals surface area contributed by atoms with Crippen LogP contribution in [0.4, 0.5) is 0 Å². The average Bonchev–Trinajstić information content (AvgIpc) is 2.36. The Hall–Kier alpha value is -0.520. The minimum absolute atomic E-state index is 0.0478. The molecule has 0 saturated carbocycles. The first-order chi connectivity index (χ1) is 8.66. The van der Waals surface area contributed by atoms with Crippen molar-refractivity contribution in [2.24, 2.45) is 0 Å². The van der Waals surface area contributed by atoms with Gasteiger partial charge in [0.2, 0.25) is 0 Å². The van der Waals surface area contributed by atoms with Crippen molar-refractivity contribution >= 4 is 33.6 Å². The number of nitrogens with one attached hydrogen (secondary N) is 1. The number of carbonyl (C=O) groups is 1. The number of thioether (sulfide) groups is 1. The van der Waals surface area contributed by atoms with Crippen LogP contribution >= 0.6 is 27.7 Å². The highest BCUT2D eigenvalue weighted by molar-refractivity contribution is 9.10. The molecule has 0 radical (unpaired) electrons. The Balaban J connectivity index is 2.35. The van der Waals surface area contributed by atoms with Gasteiger partial charge in [0.15, 0.2) is 0 Å². The Bertz CT molecular complexity index is 399. The van der Waals surface area contributed by atoms with Gasteiger partial charge in [-0.15, -0.1) is 0 Å². The normalized spacial score (nSPS) is 10.4. The number of amides is 1. The summed E-state index contributed by atoms with van der Waals surface area (Å²) in [6, 6.07) is 5.65. The molecule has 2 N–H and O–H groups in total. The fourth-order valence-electron chi connectivity index (χ4n) is 1.42. The first kappa shape index (κ1) is 15.5. The van der Waals surface area contributed by atoms with Gasteiger partial charge < -0.3 is 10.4 Å². The lowest BCUT2D eigenvalue weighted by Crippen LogP contribution is -2.26. The predicted molar refractivity (Wildman–Crippen MR) is 80.2 cm³/mol. The van der Waals surface area contributed by atoms with E-state index in [-0.39, 0.29) is 12.5 Å². The summed E-state index contributed by atoms with van der Waals surface area (Å²) in [5.74, 6) is 1.75. The summed E-state index contributed by atoms with van der Waals surface area (Å²) in [4.78, 5) is 11.9. The molecule has 0 aliphatic carbocycles. The SMILES string of the molecule is Cc1cccc(C(=O)NCCSCCCO)c1Br. The van der Waals surface area contributed by atoms with Crippen molar-refractivity contribution in [2.45, 2.75) is 13.3 Å². The molecule has 0 spiro atoms. The zero-order valence-electron chi connectivity index (χ0n) is 10.4. The number of halogens is 1. The number of aliphatic hydroxyl groups is 1. The highest BCUT2D eigenvalue weighted by atomic mass is 79.9. The Labute approximate surface area is 120 Å². The molecule has 0 atom stereocenters. The smallest absolute Gasteiger partial charge is 0.252 e. The molecule has 3 nitrogen and oxygen atoms in total. The Morgan fingerprint density at radius 1 is 1.44 bits per heavy atom. The number of rotatable bonds is 7. The van der Waals surface area contributed by atoms with Gasteiger partial charge in [0, 0.05) is 23.4 Å². The van der Waals surface area contributed by atoms with Crippen molar-refractivity contribution in [3.05, 3.63) is 33.8 Å². The molecule has 1 aromatic rings. The maximum absolute atomic E-state index is 11.9. The molecule has 0 aliphatic heterocycles. The lowest BCUT2D eigenvalue weighted by atomic mass is 10.1. The van der Waals surface area contributed by atoms with Crippen LogP contribution in [0.2, 0.25) is 0 Å². The van der Waals surface area contributed by atoms with Crippen LogP contribution in [0.15, 0.2) is 22.7 Å². The van der Waals surface area contributed by atoms with E-state index in [4.69, 9.17) is 5.11 Å². The minimum Gasteiger partial charge on any atom is -0.396 e. The number of aliphatic hydroxyl groups excluding tert-OH is 1. The molecular weight excluding hydrogens is 314 g/mol. The standard InChI is InChI=1S/C13H18BrNO2S/c1-10-4-2-5-11(12(10)14)13(17)15-6-9-18-8-3-7-16/h2,4-5,16H,3,6-9H2,1H3,(H,15,17). The largest absolute Gasteiger partial charge is 0.396 e. The second kappa shape index (κ2) is 8.56. The van der Waals surface area contributed by atoms with Crippen LogP contribution in [0.25, 0.3) is 0 Å².